The Labute approximate surface area is 197 Å². The van der Waals surface area contributed by atoms with Gasteiger partial charge in [0.15, 0.2) is 5.65 Å². The Bertz CT molecular complexity index is 1250. The first kappa shape index (κ1) is 21.9. The molecule has 1 N–H and O–H groups in total. The van der Waals surface area contributed by atoms with Gasteiger partial charge in [0, 0.05) is 25.3 Å². The first-order chi connectivity index (χ1) is 16.7. The average Bonchev–Trinajstić information content (AvgIpc) is 3.21. The van der Waals surface area contributed by atoms with Crippen LogP contribution in [0.4, 0.5) is 15.1 Å². The maximum atomic E-state index is 13.3. The van der Waals surface area contributed by atoms with Crippen molar-refractivity contribution in [2.24, 2.45) is 0 Å². The number of amides is 1. The molecule has 2 aromatic heterocycles. The summed E-state index contributed by atoms with van der Waals surface area (Å²) in [5.41, 5.74) is 3.51. The lowest BCUT2D eigenvalue weighted by atomic mass is 10.1. The summed E-state index contributed by atoms with van der Waals surface area (Å²) in [5.74, 6) is 0.466. The van der Waals surface area contributed by atoms with Crippen molar-refractivity contribution >= 4 is 23.2 Å². The minimum absolute atomic E-state index is 0.168. The summed E-state index contributed by atoms with van der Waals surface area (Å²) in [6.07, 6.45) is 3.03. The van der Waals surface area contributed by atoms with Crippen LogP contribution in [0.5, 0.6) is 0 Å². The van der Waals surface area contributed by atoms with Crippen LogP contribution < -0.4 is 5.32 Å². The van der Waals surface area contributed by atoms with E-state index in [1.54, 1.807) is 23.2 Å². The van der Waals surface area contributed by atoms with E-state index in [2.05, 4.69) is 10.3 Å². The number of benzene rings is 2. The number of anilines is 1. The van der Waals surface area contributed by atoms with Gasteiger partial charge >= 0.3 is 6.09 Å². The predicted octanol–water partition coefficient (Wildman–Crippen LogP) is 4.83. The summed E-state index contributed by atoms with van der Waals surface area (Å²) in [5, 5.41) is 3.55. The van der Waals surface area contributed by atoms with Crippen LogP contribution in [0, 0.1) is 5.82 Å². The van der Waals surface area contributed by atoms with Gasteiger partial charge in [-0.25, -0.2) is 19.2 Å². The van der Waals surface area contributed by atoms with Gasteiger partial charge in [0.1, 0.15) is 17.9 Å². The first-order valence-corrected chi connectivity index (χ1v) is 11.4. The first-order valence-electron chi connectivity index (χ1n) is 11.4. The van der Waals surface area contributed by atoms with Crippen molar-refractivity contribution in [3.8, 4) is 0 Å². The number of carbonyl (C=O) groups is 1. The molecule has 0 radical (unpaired) electrons. The molecule has 3 heterocycles. The number of halogens is 1. The minimum atomic E-state index is -0.282. The number of nitrogens with zero attached hydrogens (tertiary/aromatic N) is 4. The number of aromatic nitrogens is 3. The minimum Gasteiger partial charge on any atom is -0.445 e. The molecule has 174 valence electrons. The quantitative estimate of drug-likeness (QED) is 0.447. The Morgan fingerprint density at radius 1 is 1.00 bits per heavy atom. The molecular weight excluding hydrogens is 433 g/mol. The number of likely N-dealkylation sites (tertiary alicyclic amines) is 1. The number of rotatable bonds is 6. The molecule has 0 spiro atoms. The second-order valence-corrected chi connectivity index (χ2v) is 8.44. The van der Waals surface area contributed by atoms with Crippen LogP contribution >= 0.6 is 0 Å². The van der Waals surface area contributed by atoms with Crippen molar-refractivity contribution in [3.63, 3.8) is 0 Å². The van der Waals surface area contributed by atoms with E-state index in [0.29, 0.717) is 19.6 Å². The lowest BCUT2D eigenvalue weighted by Gasteiger charge is -2.32. The standard InChI is InChI=1S/C26H26FN5O2/c27-21-10-8-19(9-11-21)17-32-24-23(7-4-14-28-24)30-25(32)29-22-12-15-31(16-13-22)26(33)34-18-20-5-2-1-3-6-20/h1-11,14,22H,12-13,15-18H2,(H,29,30). The zero-order valence-corrected chi connectivity index (χ0v) is 18.7. The van der Waals surface area contributed by atoms with E-state index in [1.807, 2.05) is 47.0 Å². The number of hydrogen-bond donors (Lipinski definition) is 1. The second kappa shape index (κ2) is 9.91. The van der Waals surface area contributed by atoms with Crippen LogP contribution in [-0.2, 0) is 17.9 Å². The van der Waals surface area contributed by atoms with Gasteiger partial charge < -0.3 is 15.0 Å². The number of imidazole rings is 1. The fourth-order valence-electron chi connectivity index (χ4n) is 4.19. The maximum absolute atomic E-state index is 13.3. The van der Waals surface area contributed by atoms with Crippen molar-refractivity contribution in [1.29, 1.82) is 0 Å². The Balaban J connectivity index is 1.23. The van der Waals surface area contributed by atoms with Crippen LogP contribution in [-0.4, -0.2) is 44.7 Å². The highest BCUT2D eigenvalue weighted by Gasteiger charge is 2.25. The number of carbonyl (C=O) groups excluding carboxylic acids is 1. The monoisotopic (exact) mass is 459 g/mol. The van der Waals surface area contributed by atoms with Crippen molar-refractivity contribution < 1.29 is 13.9 Å². The summed E-state index contributed by atoms with van der Waals surface area (Å²) < 4.78 is 20.8. The molecule has 0 aliphatic carbocycles. The summed E-state index contributed by atoms with van der Waals surface area (Å²) in [6.45, 7) is 2.03. The number of fused-ring (bicyclic) bond motifs is 1. The third kappa shape index (κ3) is 5.01. The lowest BCUT2D eigenvalue weighted by Crippen LogP contribution is -2.42. The zero-order chi connectivity index (χ0) is 23.3. The molecule has 0 unspecified atom stereocenters. The van der Waals surface area contributed by atoms with E-state index in [4.69, 9.17) is 9.72 Å². The number of piperidine rings is 1. The highest BCUT2D eigenvalue weighted by Crippen LogP contribution is 2.23. The molecule has 4 aromatic rings. The fraction of sp³-hybridized carbons (Fsp3) is 0.269. The second-order valence-electron chi connectivity index (χ2n) is 8.44. The SMILES string of the molecule is O=C(OCc1ccccc1)N1CCC(Nc2nc3cccnc3n2Cc2ccc(F)cc2)CC1. The highest BCUT2D eigenvalue weighted by atomic mass is 19.1. The average molecular weight is 460 g/mol. The van der Waals surface area contributed by atoms with Gasteiger partial charge in [0.25, 0.3) is 0 Å². The predicted molar refractivity (Wildman–Crippen MR) is 128 cm³/mol. The van der Waals surface area contributed by atoms with E-state index >= 15 is 0 Å². The maximum Gasteiger partial charge on any atom is 0.410 e. The van der Waals surface area contributed by atoms with Crippen molar-refractivity contribution in [3.05, 3.63) is 89.9 Å². The number of nitrogens with one attached hydrogen (secondary N) is 1. The Hall–Kier alpha value is -3.94. The number of pyridine rings is 1. The zero-order valence-electron chi connectivity index (χ0n) is 18.7. The largest absolute Gasteiger partial charge is 0.445 e. The lowest BCUT2D eigenvalue weighted by molar-refractivity contribution is 0.0881. The Morgan fingerprint density at radius 2 is 1.76 bits per heavy atom. The molecule has 0 bridgehead atoms. The van der Waals surface area contributed by atoms with E-state index in [0.717, 1.165) is 41.1 Å². The molecule has 0 atom stereocenters. The molecule has 2 aromatic carbocycles. The Kier molecular flexibility index (Phi) is 6.38. The van der Waals surface area contributed by atoms with Crippen LogP contribution in [0.1, 0.15) is 24.0 Å². The van der Waals surface area contributed by atoms with Gasteiger partial charge in [-0.1, -0.05) is 42.5 Å². The van der Waals surface area contributed by atoms with Gasteiger partial charge in [0.05, 0.1) is 6.54 Å². The summed E-state index contributed by atoms with van der Waals surface area (Å²) in [7, 11) is 0. The summed E-state index contributed by atoms with van der Waals surface area (Å²) >= 11 is 0. The van der Waals surface area contributed by atoms with Gasteiger partial charge in [-0.3, -0.25) is 4.57 Å². The van der Waals surface area contributed by atoms with E-state index in [-0.39, 0.29) is 24.6 Å². The third-order valence-corrected chi connectivity index (χ3v) is 6.05. The molecule has 1 fully saturated rings. The van der Waals surface area contributed by atoms with Crippen LogP contribution in [0.2, 0.25) is 0 Å². The van der Waals surface area contributed by atoms with Crippen LogP contribution in [0.3, 0.4) is 0 Å². The van der Waals surface area contributed by atoms with E-state index in [1.165, 1.54) is 12.1 Å². The molecule has 1 saturated heterocycles. The van der Waals surface area contributed by atoms with Crippen LogP contribution in [0.25, 0.3) is 11.2 Å². The van der Waals surface area contributed by atoms with Crippen molar-refractivity contribution in [2.75, 3.05) is 18.4 Å². The van der Waals surface area contributed by atoms with Gasteiger partial charge in [-0.2, -0.15) is 0 Å². The van der Waals surface area contributed by atoms with Gasteiger partial charge in [0.2, 0.25) is 5.95 Å². The smallest absolute Gasteiger partial charge is 0.410 e. The molecule has 7 nitrogen and oxygen atoms in total. The molecule has 5 rings (SSSR count). The highest BCUT2D eigenvalue weighted by molar-refractivity contribution is 5.74. The van der Waals surface area contributed by atoms with Gasteiger partial charge in [-0.05, 0) is 48.2 Å². The van der Waals surface area contributed by atoms with Crippen LogP contribution in [0.15, 0.2) is 72.9 Å². The number of hydrogen-bond acceptors (Lipinski definition) is 5. The number of ether oxygens (including phenoxy) is 1. The normalized spacial score (nSPS) is 14.3. The van der Waals surface area contributed by atoms with E-state index in [9.17, 15) is 9.18 Å². The fourth-order valence-corrected chi connectivity index (χ4v) is 4.19. The summed E-state index contributed by atoms with van der Waals surface area (Å²) in [6, 6.07) is 20.1. The topological polar surface area (TPSA) is 72.3 Å². The molecule has 1 aliphatic rings. The summed E-state index contributed by atoms with van der Waals surface area (Å²) in [4.78, 5) is 23.5. The van der Waals surface area contributed by atoms with Crippen molar-refractivity contribution in [2.45, 2.75) is 32.0 Å². The van der Waals surface area contributed by atoms with Crippen molar-refractivity contribution in [1.82, 2.24) is 19.4 Å². The molecule has 1 aliphatic heterocycles. The Morgan fingerprint density at radius 3 is 2.53 bits per heavy atom. The molecular formula is C26H26FN5O2. The molecule has 8 heteroatoms. The molecule has 34 heavy (non-hydrogen) atoms. The third-order valence-electron chi connectivity index (χ3n) is 6.05. The van der Waals surface area contributed by atoms with E-state index < -0.39 is 0 Å². The molecule has 0 saturated carbocycles. The van der Waals surface area contributed by atoms with Gasteiger partial charge in [-0.15, -0.1) is 0 Å². The molecule has 1 amide bonds.